The molecule has 1 N–H and O–H groups in total. The molecular weight excluding hydrogens is 174 g/mol. The Hall–Kier alpha value is -0.553. The van der Waals surface area contributed by atoms with Gasteiger partial charge in [0.2, 0.25) is 0 Å². The molecule has 0 saturated heterocycles. The van der Waals surface area contributed by atoms with Crippen molar-refractivity contribution in [3.8, 4) is 0 Å². The predicted molar refractivity (Wildman–Crippen MR) is 49.1 cm³/mol. The van der Waals surface area contributed by atoms with Crippen LogP contribution in [-0.2, 0) is 4.74 Å². The third kappa shape index (κ3) is 6.18. The standard InChI is InChI=1S/C7H17NO3Si/c1-8(10)7(9)11-5-6-12(2,3)4/h10H,5-6H2,1-4H3. The molecule has 0 aromatic carbocycles. The molecule has 0 rings (SSSR count). The summed E-state index contributed by atoms with van der Waals surface area (Å²) in [6, 6.07) is 0.923. The number of hydroxylamine groups is 2. The summed E-state index contributed by atoms with van der Waals surface area (Å²) in [6.07, 6.45) is -0.687. The highest BCUT2D eigenvalue weighted by Gasteiger charge is 2.14. The van der Waals surface area contributed by atoms with E-state index in [-0.39, 0.29) is 0 Å². The van der Waals surface area contributed by atoms with Crippen LogP contribution in [0.15, 0.2) is 0 Å². The maximum absolute atomic E-state index is 10.7. The van der Waals surface area contributed by atoms with E-state index in [9.17, 15) is 4.79 Å². The van der Waals surface area contributed by atoms with Gasteiger partial charge in [-0.3, -0.25) is 5.21 Å². The summed E-state index contributed by atoms with van der Waals surface area (Å²) in [5.41, 5.74) is 0. The zero-order valence-corrected chi connectivity index (χ0v) is 9.13. The van der Waals surface area contributed by atoms with E-state index in [1.54, 1.807) is 0 Å². The molecule has 0 heterocycles. The Bertz CT molecular complexity index is 153. The van der Waals surface area contributed by atoms with Gasteiger partial charge in [-0.2, -0.15) is 5.06 Å². The van der Waals surface area contributed by atoms with Crippen LogP contribution in [0.3, 0.4) is 0 Å². The van der Waals surface area contributed by atoms with Crippen LogP contribution in [-0.4, -0.2) is 38.1 Å². The van der Waals surface area contributed by atoms with E-state index in [0.717, 1.165) is 6.04 Å². The van der Waals surface area contributed by atoms with Gasteiger partial charge in [0, 0.05) is 15.1 Å². The van der Waals surface area contributed by atoms with Crippen LogP contribution in [0.1, 0.15) is 0 Å². The molecule has 0 saturated carbocycles. The molecule has 5 heteroatoms. The molecule has 72 valence electrons. The van der Waals surface area contributed by atoms with E-state index in [4.69, 9.17) is 9.94 Å². The summed E-state index contributed by atoms with van der Waals surface area (Å²) in [5.74, 6) is 0. The smallest absolute Gasteiger partial charge is 0.433 e. The van der Waals surface area contributed by atoms with Gasteiger partial charge in [-0.15, -0.1) is 0 Å². The number of rotatable bonds is 3. The normalized spacial score (nSPS) is 11.1. The van der Waals surface area contributed by atoms with Gasteiger partial charge < -0.3 is 4.74 Å². The Morgan fingerprint density at radius 3 is 2.33 bits per heavy atom. The Balaban J connectivity index is 3.51. The van der Waals surface area contributed by atoms with E-state index in [1.165, 1.54) is 7.05 Å². The number of hydrogen-bond donors (Lipinski definition) is 1. The lowest BCUT2D eigenvalue weighted by molar-refractivity contribution is -0.0518. The van der Waals surface area contributed by atoms with E-state index in [1.807, 2.05) is 0 Å². The highest BCUT2D eigenvalue weighted by Crippen LogP contribution is 2.07. The first-order valence-electron chi connectivity index (χ1n) is 3.92. The number of carbonyl (C=O) groups is 1. The topological polar surface area (TPSA) is 49.8 Å². The highest BCUT2D eigenvalue weighted by molar-refractivity contribution is 6.76. The average Bonchev–Trinajstić information content (AvgIpc) is 1.84. The van der Waals surface area contributed by atoms with Gasteiger partial charge >= 0.3 is 6.09 Å². The SMILES string of the molecule is CN(O)C(=O)OCC[Si](C)(C)C. The Kier molecular flexibility index (Phi) is 4.26. The van der Waals surface area contributed by atoms with Gasteiger partial charge in [0.1, 0.15) is 0 Å². The van der Waals surface area contributed by atoms with Crippen LogP contribution < -0.4 is 0 Å². The molecular formula is C7H17NO3Si. The molecule has 12 heavy (non-hydrogen) atoms. The van der Waals surface area contributed by atoms with E-state index in [0.29, 0.717) is 11.7 Å². The first-order valence-corrected chi connectivity index (χ1v) is 7.63. The largest absolute Gasteiger partial charge is 0.448 e. The van der Waals surface area contributed by atoms with Crippen molar-refractivity contribution in [2.45, 2.75) is 25.7 Å². The number of ether oxygens (including phenoxy) is 1. The van der Waals surface area contributed by atoms with Gasteiger partial charge in [-0.1, -0.05) is 19.6 Å². The minimum Gasteiger partial charge on any atom is -0.448 e. The summed E-state index contributed by atoms with van der Waals surface area (Å²) in [7, 11) is 0.111. The van der Waals surface area contributed by atoms with Gasteiger partial charge in [0.05, 0.1) is 6.61 Å². The lowest BCUT2D eigenvalue weighted by Crippen LogP contribution is -2.27. The van der Waals surface area contributed by atoms with Crippen molar-refractivity contribution >= 4 is 14.2 Å². The number of carbonyl (C=O) groups excluding carboxylic acids is 1. The quantitative estimate of drug-likeness (QED) is 0.420. The molecule has 0 atom stereocenters. The van der Waals surface area contributed by atoms with Crippen LogP contribution in [0.5, 0.6) is 0 Å². The van der Waals surface area contributed by atoms with Crippen LogP contribution in [0.4, 0.5) is 4.79 Å². The third-order valence-corrected chi connectivity index (χ3v) is 3.05. The summed E-state index contributed by atoms with van der Waals surface area (Å²) in [6.45, 7) is 7.00. The molecule has 0 radical (unpaired) electrons. The fraction of sp³-hybridized carbons (Fsp3) is 0.857. The van der Waals surface area contributed by atoms with Gasteiger partial charge in [0.15, 0.2) is 0 Å². The second-order valence-electron chi connectivity index (χ2n) is 3.95. The lowest BCUT2D eigenvalue weighted by Gasteiger charge is -2.16. The minimum absolute atomic E-state index is 0.402. The first kappa shape index (κ1) is 11.4. The zero-order valence-electron chi connectivity index (χ0n) is 8.13. The molecule has 0 bridgehead atoms. The monoisotopic (exact) mass is 191 g/mol. The molecule has 0 aliphatic carbocycles. The van der Waals surface area contributed by atoms with E-state index < -0.39 is 14.2 Å². The van der Waals surface area contributed by atoms with Gasteiger partial charge in [-0.25, -0.2) is 4.79 Å². The number of hydrogen-bond acceptors (Lipinski definition) is 3. The van der Waals surface area contributed by atoms with Crippen molar-refractivity contribution in [3.63, 3.8) is 0 Å². The van der Waals surface area contributed by atoms with Gasteiger partial charge in [0.25, 0.3) is 0 Å². The molecule has 0 aromatic heterocycles. The first-order chi connectivity index (χ1) is 5.33. The van der Waals surface area contributed by atoms with Crippen molar-refractivity contribution in [2.75, 3.05) is 13.7 Å². The van der Waals surface area contributed by atoms with Crippen molar-refractivity contribution in [1.29, 1.82) is 0 Å². The van der Waals surface area contributed by atoms with Crippen LogP contribution in [0, 0.1) is 0 Å². The zero-order chi connectivity index (χ0) is 9.78. The Morgan fingerprint density at radius 1 is 1.50 bits per heavy atom. The molecule has 4 nitrogen and oxygen atoms in total. The molecule has 0 aliphatic heterocycles. The van der Waals surface area contributed by atoms with E-state index >= 15 is 0 Å². The summed E-state index contributed by atoms with van der Waals surface area (Å²) < 4.78 is 4.75. The fourth-order valence-electron chi connectivity index (χ4n) is 0.538. The fourth-order valence-corrected chi connectivity index (χ4v) is 1.25. The molecule has 0 aliphatic rings. The molecule has 0 aromatic rings. The molecule has 0 unspecified atom stereocenters. The maximum Gasteiger partial charge on any atom is 0.433 e. The van der Waals surface area contributed by atoms with Crippen molar-refractivity contribution in [2.24, 2.45) is 0 Å². The van der Waals surface area contributed by atoms with Crippen molar-refractivity contribution < 1.29 is 14.7 Å². The van der Waals surface area contributed by atoms with Crippen LogP contribution in [0.2, 0.25) is 25.7 Å². The summed E-state index contributed by atoms with van der Waals surface area (Å²) >= 11 is 0. The minimum atomic E-state index is -1.14. The van der Waals surface area contributed by atoms with Crippen LogP contribution in [0.25, 0.3) is 0 Å². The second kappa shape index (κ2) is 4.47. The van der Waals surface area contributed by atoms with Crippen molar-refractivity contribution in [3.05, 3.63) is 0 Å². The number of amides is 1. The molecule has 0 spiro atoms. The maximum atomic E-state index is 10.7. The summed E-state index contributed by atoms with van der Waals surface area (Å²) in [4.78, 5) is 10.7. The van der Waals surface area contributed by atoms with Gasteiger partial charge in [-0.05, 0) is 6.04 Å². The predicted octanol–water partition coefficient (Wildman–Crippen LogP) is 1.78. The Labute approximate surface area is 74.1 Å². The van der Waals surface area contributed by atoms with Crippen molar-refractivity contribution in [1.82, 2.24) is 5.06 Å². The van der Waals surface area contributed by atoms with E-state index in [2.05, 4.69) is 19.6 Å². The van der Waals surface area contributed by atoms with Crippen LogP contribution >= 0.6 is 0 Å². The second-order valence-corrected chi connectivity index (χ2v) is 9.57. The third-order valence-electron chi connectivity index (χ3n) is 1.34. The lowest BCUT2D eigenvalue weighted by atomic mass is 10.8. The number of nitrogens with zero attached hydrogens (tertiary/aromatic N) is 1. The molecule has 1 amide bonds. The summed E-state index contributed by atoms with van der Waals surface area (Å²) in [5, 5.41) is 9.07. The average molecular weight is 191 g/mol. The highest BCUT2D eigenvalue weighted by atomic mass is 28.3. The molecule has 0 fully saturated rings. The Morgan fingerprint density at radius 2 is 2.00 bits per heavy atom.